The summed E-state index contributed by atoms with van der Waals surface area (Å²) in [5.41, 5.74) is 1.32. The number of nitrogens with one attached hydrogen (secondary N) is 2. The number of likely N-dealkylation sites (tertiary alicyclic amines) is 1. The lowest BCUT2D eigenvalue weighted by molar-refractivity contribution is -0.129. The zero-order valence-corrected chi connectivity index (χ0v) is 13.8. The van der Waals surface area contributed by atoms with Gasteiger partial charge in [-0.25, -0.2) is 0 Å². The Morgan fingerprint density at radius 1 is 1.22 bits per heavy atom. The van der Waals surface area contributed by atoms with E-state index in [2.05, 4.69) is 15.5 Å². The topological polar surface area (TPSA) is 64.7 Å². The number of hydrogen-bond donors (Lipinski definition) is 2. The van der Waals surface area contributed by atoms with Crippen molar-refractivity contribution in [3.63, 3.8) is 0 Å². The minimum atomic E-state index is -0.517. The van der Waals surface area contributed by atoms with Crippen LogP contribution in [0.25, 0.3) is 0 Å². The van der Waals surface area contributed by atoms with Gasteiger partial charge in [-0.05, 0) is 25.0 Å². The number of benzene rings is 1. The Morgan fingerprint density at radius 3 is 2.52 bits per heavy atom. The summed E-state index contributed by atoms with van der Waals surface area (Å²) in [7, 11) is 3.56. The van der Waals surface area contributed by atoms with Gasteiger partial charge in [0, 0.05) is 40.2 Å². The molecule has 3 rings (SSSR count). The zero-order chi connectivity index (χ0) is 16.4. The molecule has 23 heavy (non-hydrogen) atoms. The van der Waals surface area contributed by atoms with E-state index in [-0.39, 0.29) is 11.8 Å². The summed E-state index contributed by atoms with van der Waals surface area (Å²) >= 11 is 0. The highest BCUT2D eigenvalue weighted by atomic mass is 16.2. The first-order valence-corrected chi connectivity index (χ1v) is 8.11. The van der Waals surface area contributed by atoms with Crippen LogP contribution in [0.5, 0.6) is 0 Å². The molecular formula is C17H24N4O2. The van der Waals surface area contributed by atoms with Gasteiger partial charge in [-0.2, -0.15) is 0 Å². The van der Waals surface area contributed by atoms with Crippen molar-refractivity contribution in [2.24, 2.45) is 0 Å². The Balaban J connectivity index is 1.60. The van der Waals surface area contributed by atoms with Gasteiger partial charge in [-0.3, -0.25) is 9.59 Å². The Bertz CT molecular complexity index is 606. The minimum Gasteiger partial charge on any atom is -0.369 e. The number of rotatable bonds is 3. The molecule has 1 fully saturated rings. The van der Waals surface area contributed by atoms with Crippen LogP contribution in [0.4, 0.5) is 11.4 Å². The van der Waals surface area contributed by atoms with Crippen LogP contribution in [-0.2, 0) is 9.59 Å². The van der Waals surface area contributed by atoms with Crippen molar-refractivity contribution in [1.82, 2.24) is 9.80 Å². The molecule has 0 saturated carbocycles. The van der Waals surface area contributed by atoms with Crippen molar-refractivity contribution in [3.05, 3.63) is 24.3 Å². The molecule has 2 aliphatic rings. The first-order valence-electron chi connectivity index (χ1n) is 8.11. The average Bonchev–Trinajstić information content (AvgIpc) is 2.55. The average molecular weight is 316 g/mol. The van der Waals surface area contributed by atoms with E-state index in [1.165, 1.54) is 0 Å². The summed E-state index contributed by atoms with van der Waals surface area (Å²) in [6.07, 6.45) is 2.04. The number of amides is 2. The van der Waals surface area contributed by atoms with Crippen LogP contribution in [0.1, 0.15) is 19.3 Å². The fourth-order valence-electron chi connectivity index (χ4n) is 3.25. The van der Waals surface area contributed by atoms with Crippen molar-refractivity contribution in [2.45, 2.75) is 24.8 Å². The lowest BCUT2D eigenvalue weighted by atomic mass is 9.84. The second kappa shape index (κ2) is 6.20. The molecule has 6 nitrogen and oxygen atoms in total. The third kappa shape index (κ3) is 3.17. The van der Waals surface area contributed by atoms with E-state index in [0.29, 0.717) is 6.42 Å². The molecule has 2 amide bonds. The van der Waals surface area contributed by atoms with Crippen molar-refractivity contribution < 1.29 is 9.59 Å². The SMILES string of the molecule is CN(C)C(=O)CCN1CCC2(CC1)Nc1ccccc1NC2=O. The number of nitrogens with zero attached hydrogens (tertiary/aromatic N) is 2. The van der Waals surface area contributed by atoms with Gasteiger partial charge in [0.25, 0.3) is 0 Å². The van der Waals surface area contributed by atoms with Crippen molar-refractivity contribution >= 4 is 23.2 Å². The molecule has 2 heterocycles. The molecule has 1 saturated heterocycles. The molecule has 0 radical (unpaired) electrons. The summed E-state index contributed by atoms with van der Waals surface area (Å²) < 4.78 is 0. The first-order chi connectivity index (χ1) is 11.0. The van der Waals surface area contributed by atoms with Crippen molar-refractivity contribution in [1.29, 1.82) is 0 Å². The molecule has 2 N–H and O–H groups in total. The molecule has 1 aromatic rings. The molecule has 0 aromatic heterocycles. The molecule has 2 aliphatic heterocycles. The Morgan fingerprint density at radius 2 is 1.87 bits per heavy atom. The summed E-state index contributed by atoms with van der Waals surface area (Å²) in [6, 6.07) is 7.80. The standard InChI is InChI=1S/C17H24N4O2/c1-20(2)15(22)7-10-21-11-8-17(9-12-21)16(23)18-13-5-3-4-6-14(13)19-17/h3-6,19H,7-12H2,1-2H3,(H,18,23). The molecule has 0 aliphatic carbocycles. The van der Waals surface area contributed by atoms with E-state index in [0.717, 1.165) is 43.9 Å². The van der Waals surface area contributed by atoms with Gasteiger partial charge in [0.1, 0.15) is 5.54 Å². The van der Waals surface area contributed by atoms with Gasteiger partial charge in [0.2, 0.25) is 11.8 Å². The summed E-state index contributed by atoms with van der Waals surface area (Å²) in [6.45, 7) is 2.40. The Hall–Kier alpha value is -2.08. The van der Waals surface area contributed by atoms with Gasteiger partial charge in [-0.1, -0.05) is 12.1 Å². The normalized spacial score (nSPS) is 19.7. The maximum atomic E-state index is 12.5. The predicted octanol–water partition coefficient (Wildman–Crippen LogP) is 1.36. The number of carbonyl (C=O) groups excluding carboxylic acids is 2. The van der Waals surface area contributed by atoms with Crippen LogP contribution < -0.4 is 10.6 Å². The van der Waals surface area contributed by atoms with Gasteiger partial charge in [0.15, 0.2) is 0 Å². The second-order valence-electron chi connectivity index (χ2n) is 6.59. The Kier molecular flexibility index (Phi) is 4.26. The van der Waals surface area contributed by atoms with Gasteiger partial charge in [0.05, 0.1) is 11.4 Å². The minimum absolute atomic E-state index is 0.0558. The Labute approximate surface area is 136 Å². The van der Waals surface area contributed by atoms with Gasteiger partial charge >= 0.3 is 0 Å². The third-order valence-corrected chi connectivity index (χ3v) is 4.83. The smallest absolute Gasteiger partial charge is 0.250 e. The van der Waals surface area contributed by atoms with E-state index in [1.54, 1.807) is 19.0 Å². The first kappa shape index (κ1) is 15.8. The van der Waals surface area contributed by atoms with E-state index in [4.69, 9.17) is 0 Å². The van der Waals surface area contributed by atoms with E-state index >= 15 is 0 Å². The quantitative estimate of drug-likeness (QED) is 0.884. The highest BCUT2D eigenvalue weighted by molar-refractivity contribution is 6.06. The second-order valence-corrected chi connectivity index (χ2v) is 6.59. The van der Waals surface area contributed by atoms with Crippen LogP contribution in [0.2, 0.25) is 0 Å². The summed E-state index contributed by atoms with van der Waals surface area (Å²) in [5, 5.41) is 6.47. The fraction of sp³-hybridized carbons (Fsp3) is 0.529. The molecule has 0 unspecified atom stereocenters. The van der Waals surface area contributed by atoms with E-state index in [9.17, 15) is 9.59 Å². The number of fused-ring (bicyclic) bond motifs is 1. The zero-order valence-electron chi connectivity index (χ0n) is 13.8. The number of para-hydroxylation sites is 2. The third-order valence-electron chi connectivity index (χ3n) is 4.83. The lowest BCUT2D eigenvalue weighted by Crippen LogP contribution is -2.58. The largest absolute Gasteiger partial charge is 0.369 e. The monoisotopic (exact) mass is 316 g/mol. The molecule has 0 atom stereocenters. The molecular weight excluding hydrogens is 292 g/mol. The maximum Gasteiger partial charge on any atom is 0.250 e. The number of carbonyl (C=O) groups is 2. The molecule has 1 spiro atoms. The maximum absolute atomic E-state index is 12.5. The van der Waals surface area contributed by atoms with Crippen LogP contribution in [0.3, 0.4) is 0 Å². The highest BCUT2D eigenvalue weighted by Gasteiger charge is 2.44. The molecule has 0 bridgehead atoms. The molecule has 6 heteroatoms. The van der Waals surface area contributed by atoms with Crippen LogP contribution in [0.15, 0.2) is 24.3 Å². The van der Waals surface area contributed by atoms with Crippen molar-refractivity contribution in [2.75, 3.05) is 44.4 Å². The van der Waals surface area contributed by atoms with E-state index in [1.807, 2.05) is 24.3 Å². The van der Waals surface area contributed by atoms with Gasteiger partial charge in [-0.15, -0.1) is 0 Å². The number of anilines is 2. The molecule has 1 aromatic carbocycles. The lowest BCUT2D eigenvalue weighted by Gasteiger charge is -2.44. The van der Waals surface area contributed by atoms with Crippen molar-refractivity contribution in [3.8, 4) is 0 Å². The highest BCUT2D eigenvalue weighted by Crippen LogP contribution is 2.36. The fourth-order valence-corrected chi connectivity index (χ4v) is 3.25. The van der Waals surface area contributed by atoms with Gasteiger partial charge < -0.3 is 20.4 Å². The predicted molar refractivity (Wildman–Crippen MR) is 90.4 cm³/mol. The van der Waals surface area contributed by atoms with E-state index < -0.39 is 5.54 Å². The summed E-state index contributed by atoms with van der Waals surface area (Å²) in [5.74, 6) is 0.202. The van der Waals surface area contributed by atoms with Crippen LogP contribution in [-0.4, -0.2) is 60.9 Å². The number of hydrogen-bond acceptors (Lipinski definition) is 4. The molecule has 124 valence electrons. The summed E-state index contributed by atoms with van der Waals surface area (Å²) in [4.78, 5) is 28.1. The number of piperidine rings is 1. The van der Waals surface area contributed by atoms with Crippen LogP contribution >= 0.6 is 0 Å². The van der Waals surface area contributed by atoms with Crippen LogP contribution in [0, 0.1) is 0 Å².